The van der Waals surface area contributed by atoms with Crippen LogP contribution >= 0.6 is 0 Å². The molecule has 49 valence electrons. The number of hydrogen-bond donors (Lipinski definition) is 0. The van der Waals surface area contributed by atoms with Crippen LogP contribution in [0.4, 0.5) is 4.11 Å². The van der Waals surface area contributed by atoms with Gasteiger partial charge in [-0.05, 0) is 12.1 Å². The maximum Gasteiger partial charge on any atom is 0.270 e. The molecule has 0 nitrogen and oxygen atoms in total. The first-order chi connectivity index (χ1) is 3.81. The number of rotatable bonds is 4. The maximum atomic E-state index is 12.5. The lowest BCUT2D eigenvalue weighted by Crippen LogP contribution is -2.01. The molecule has 0 spiro atoms. The summed E-state index contributed by atoms with van der Waals surface area (Å²) in [6, 6.07) is 1.69. The molecule has 0 aromatic carbocycles. The van der Waals surface area contributed by atoms with E-state index in [0.29, 0.717) is 0 Å². The molecule has 0 saturated carbocycles. The van der Waals surface area contributed by atoms with E-state index in [0.717, 1.165) is 24.9 Å². The van der Waals surface area contributed by atoms with Crippen molar-refractivity contribution in [3.63, 3.8) is 0 Å². The van der Waals surface area contributed by atoms with Gasteiger partial charge in [0.25, 0.3) is 9.13 Å². The van der Waals surface area contributed by atoms with Gasteiger partial charge in [0, 0.05) is 0 Å². The van der Waals surface area contributed by atoms with E-state index in [9.17, 15) is 4.11 Å². The number of halogens is 1. The highest BCUT2D eigenvalue weighted by Crippen LogP contribution is 2.05. The molecule has 0 aliphatic rings. The van der Waals surface area contributed by atoms with Crippen molar-refractivity contribution in [3.8, 4) is 0 Å². The Morgan fingerprint density at radius 2 is 1.50 bits per heavy atom. The maximum absolute atomic E-state index is 12.5. The van der Waals surface area contributed by atoms with Crippen molar-refractivity contribution in [2.24, 2.45) is 0 Å². The Bertz CT molecular complexity index is 41.8. The van der Waals surface area contributed by atoms with E-state index in [1.165, 1.54) is 0 Å². The second-order valence-corrected chi connectivity index (χ2v) is 4.05. The van der Waals surface area contributed by atoms with Gasteiger partial charge in [-0.1, -0.05) is 26.7 Å². The predicted molar refractivity (Wildman–Crippen MR) is 37.1 cm³/mol. The van der Waals surface area contributed by atoms with Crippen molar-refractivity contribution in [2.45, 2.75) is 38.8 Å². The summed E-state index contributed by atoms with van der Waals surface area (Å²) in [4.78, 5) is 0. The van der Waals surface area contributed by atoms with Gasteiger partial charge in [-0.25, -0.2) is 0 Å². The minimum Gasteiger partial charge on any atom is -0.314 e. The van der Waals surface area contributed by atoms with E-state index in [1.807, 2.05) is 13.8 Å². The normalized spacial score (nSPS) is 10.5. The van der Waals surface area contributed by atoms with Crippen molar-refractivity contribution in [1.29, 1.82) is 0 Å². The molecule has 0 aliphatic carbocycles. The summed E-state index contributed by atoms with van der Waals surface area (Å²) in [5.41, 5.74) is 0. The van der Waals surface area contributed by atoms with Gasteiger partial charge >= 0.3 is 0 Å². The van der Waals surface area contributed by atoms with Crippen LogP contribution in [0.25, 0.3) is 0 Å². The average Bonchev–Trinajstić information content (AvgIpc) is 1.68. The van der Waals surface area contributed by atoms with Crippen LogP contribution in [0.5, 0.6) is 0 Å². The first-order valence-corrected chi connectivity index (χ1v) is 5.10. The van der Waals surface area contributed by atoms with E-state index in [-0.39, 0.29) is 0 Å². The van der Waals surface area contributed by atoms with E-state index < -0.39 is 9.13 Å². The molecule has 0 bridgehead atoms. The van der Waals surface area contributed by atoms with Crippen molar-refractivity contribution in [3.05, 3.63) is 0 Å². The Morgan fingerprint density at radius 1 is 1.12 bits per heavy atom. The summed E-state index contributed by atoms with van der Waals surface area (Å²) in [5.74, 6) is 0. The van der Waals surface area contributed by atoms with Crippen molar-refractivity contribution in [2.75, 3.05) is 0 Å². The average molecular weight is 133 g/mol. The Morgan fingerprint density at radius 3 is 1.75 bits per heavy atom. The van der Waals surface area contributed by atoms with Gasteiger partial charge in [-0.15, -0.1) is 0 Å². The molecule has 0 atom stereocenters. The van der Waals surface area contributed by atoms with Crippen LogP contribution in [0.3, 0.4) is 0 Å². The first kappa shape index (κ1) is 8.15. The van der Waals surface area contributed by atoms with Gasteiger partial charge in [0.15, 0.2) is 0 Å². The lowest BCUT2D eigenvalue weighted by molar-refractivity contribution is 0.781. The Kier molecular flexibility index (Phi) is 5.38. The van der Waals surface area contributed by atoms with Crippen LogP contribution in [0.1, 0.15) is 26.7 Å². The smallest absolute Gasteiger partial charge is 0.270 e. The van der Waals surface area contributed by atoms with Crippen LogP contribution in [-0.4, -0.2) is 9.13 Å². The van der Waals surface area contributed by atoms with Crippen molar-refractivity contribution >= 4 is 9.13 Å². The zero-order chi connectivity index (χ0) is 6.41. The molecule has 0 amide bonds. The molecule has 0 aromatic heterocycles. The molecule has 8 heavy (non-hydrogen) atoms. The molecule has 0 unspecified atom stereocenters. The summed E-state index contributed by atoms with van der Waals surface area (Å²) in [7, 11) is -1.39. The summed E-state index contributed by atoms with van der Waals surface area (Å²) < 4.78 is 12.5. The third kappa shape index (κ3) is 4.31. The molecule has 2 heteroatoms. The van der Waals surface area contributed by atoms with Crippen LogP contribution in [0.15, 0.2) is 0 Å². The van der Waals surface area contributed by atoms with E-state index in [2.05, 4.69) is 0 Å². The second-order valence-electron chi connectivity index (χ2n) is 2.02. The van der Waals surface area contributed by atoms with Gasteiger partial charge in [0.1, 0.15) is 0 Å². The Hall–Kier alpha value is 0.147. The molecule has 0 aromatic rings. The van der Waals surface area contributed by atoms with Crippen molar-refractivity contribution in [1.82, 2.24) is 0 Å². The molecule has 0 saturated heterocycles. The Balaban J connectivity index is 2.92. The van der Waals surface area contributed by atoms with Gasteiger partial charge in [-0.3, -0.25) is 0 Å². The van der Waals surface area contributed by atoms with E-state index in [4.69, 9.17) is 0 Å². The zero-order valence-electron chi connectivity index (χ0n) is 5.71. The lowest BCUT2D eigenvalue weighted by Gasteiger charge is -1.97. The summed E-state index contributed by atoms with van der Waals surface area (Å²) in [5, 5.41) is 0. The monoisotopic (exact) mass is 133 g/mol. The topological polar surface area (TPSA) is 0 Å². The molecule has 0 fully saturated rings. The molecular weight excluding hydrogens is 119 g/mol. The SMILES string of the molecule is CCC[Si](F)CCC. The van der Waals surface area contributed by atoms with Crippen LogP contribution in [-0.2, 0) is 0 Å². The number of hydrogen-bond acceptors (Lipinski definition) is 0. The lowest BCUT2D eigenvalue weighted by atomic mass is 10.6. The van der Waals surface area contributed by atoms with E-state index >= 15 is 0 Å². The summed E-state index contributed by atoms with van der Waals surface area (Å²) in [6.45, 7) is 4.08. The summed E-state index contributed by atoms with van der Waals surface area (Å²) in [6.07, 6.45) is 2.04. The highest BCUT2D eigenvalue weighted by molar-refractivity contribution is 6.50. The van der Waals surface area contributed by atoms with Gasteiger partial charge < -0.3 is 4.11 Å². The molecule has 0 N–H and O–H groups in total. The fourth-order valence-corrected chi connectivity index (χ4v) is 2.00. The van der Waals surface area contributed by atoms with Crippen LogP contribution in [0.2, 0.25) is 12.1 Å². The molecule has 0 rings (SSSR count). The van der Waals surface area contributed by atoms with Crippen molar-refractivity contribution < 1.29 is 4.11 Å². The second kappa shape index (κ2) is 5.29. The van der Waals surface area contributed by atoms with Crippen LogP contribution in [0, 0.1) is 0 Å². The highest BCUT2D eigenvalue weighted by Gasteiger charge is 2.06. The standard InChI is InChI=1S/C6H14FSi/c1-3-5-8(7)6-4-2/h3-6H2,1-2H3. The quantitative estimate of drug-likeness (QED) is 0.408. The van der Waals surface area contributed by atoms with Gasteiger partial charge in [0.2, 0.25) is 0 Å². The van der Waals surface area contributed by atoms with Crippen LogP contribution < -0.4 is 0 Å². The third-order valence-corrected chi connectivity index (χ3v) is 3.13. The highest BCUT2D eigenvalue weighted by atomic mass is 28.3. The minimum atomic E-state index is -1.39. The zero-order valence-corrected chi connectivity index (χ0v) is 6.71. The van der Waals surface area contributed by atoms with E-state index in [1.54, 1.807) is 0 Å². The Labute approximate surface area is 52.9 Å². The largest absolute Gasteiger partial charge is 0.314 e. The van der Waals surface area contributed by atoms with Gasteiger partial charge in [-0.2, -0.15) is 0 Å². The molecule has 0 aliphatic heterocycles. The minimum absolute atomic E-state index is 0.846. The molecular formula is C6H14FSi. The predicted octanol–water partition coefficient (Wildman–Crippen LogP) is 2.77. The first-order valence-electron chi connectivity index (χ1n) is 3.31. The molecule has 0 heterocycles. The third-order valence-electron chi connectivity index (χ3n) is 1.04. The van der Waals surface area contributed by atoms with Gasteiger partial charge in [0.05, 0.1) is 0 Å². The molecule has 1 radical (unpaired) electrons. The summed E-state index contributed by atoms with van der Waals surface area (Å²) >= 11 is 0. The fourth-order valence-electron chi connectivity index (χ4n) is 0.668. The fraction of sp³-hybridized carbons (Fsp3) is 1.00.